The number of rotatable bonds is 7. The lowest BCUT2D eigenvalue weighted by Crippen LogP contribution is -2.44. The third-order valence-corrected chi connectivity index (χ3v) is 3.62. The molecule has 0 bridgehead atoms. The van der Waals surface area contributed by atoms with Crippen molar-refractivity contribution in [1.29, 1.82) is 0 Å². The van der Waals surface area contributed by atoms with Crippen LogP contribution in [0.15, 0.2) is 24.3 Å². The number of ether oxygens (including phenoxy) is 1. The van der Waals surface area contributed by atoms with Gasteiger partial charge in [-0.05, 0) is 38.0 Å². The molecule has 0 aliphatic heterocycles. The molecular formula is C16H26N2O2. The van der Waals surface area contributed by atoms with Crippen LogP contribution in [0.5, 0.6) is 5.75 Å². The Balaban J connectivity index is 2.71. The summed E-state index contributed by atoms with van der Waals surface area (Å²) < 4.78 is 5.15. The first-order valence-electron chi connectivity index (χ1n) is 7.16. The molecule has 0 radical (unpaired) electrons. The molecule has 4 heteroatoms. The number of methoxy groups -OCH3 is 1. The van der Waals surface area contributed by atoms with Gasteiger partial charge in [0.15, 0.2) is 0 Å². The van der Waals surface area contributed by atoms with Gasteiger partial charge in [-0.3, -0.25) is 4.79 Å². The van der Waals surface area contributed by atoms with Crippen molar-refractivity contribution in [1.82, 2.24) is 4.90 Å². The van der Waals surface area contributed by atoms with Crippen LogP contribution >= 0.6 is 0 Å². The van der Waals surface area contributed by atoms with Crippen molar-refractivity contribution in [3.63, 3.8) is 0 Å². The molecule has 1 rings (SSSR count). The number of hydrogen-bond acceptors (Lipinski definition) is 3. The Hall–Kier alpha value is -1.55. The van der Waals surface area contributed by atoms with E-state index in [0.29, 0.717) is 13.1 Å². The summed E-state index contributed by atoms with van der Waals surface area (Å²) in [7, 11) is 1.66. The first-order valence-corrected chi connectivity index (χ1v) is 7.16. The van der Waals surface area contributed by atoms with Gasteiger partial charge in [-0.1, -0.05) is 19.1 Å². The second-order valence-corrected chi connectivity index (χ2v) is 5.16. The van der Waals surface area contributed by atoms with Crippen LogP contribution in [0.3, 0.4) is 0 Å². The number of carbonyl (C=O) groups excluding carboxylic acids is 1. The van der Waals surface area contributed by atoms with Gasteiger partial charge in [-0.25, -0.2) is 0 Å². The highest BCUT2D eigenvalue weighted by molar-refractivity contribution is 5.79. The molecule has 2 atom stereocenters. The Labute approximate surface area is 121 Å². The highest BCUT2D eigenvalue weighted by Crippen LogP contribution is 2.15. The van der Waals surface area contributed by atoms with Gasteiger partial charge in [0.1, 0.15) is 5.75 Å². The molecule has 1 aromatic carbocycles. The first kappa shape index (κ1) is 16.5. The number of hydrogen-bond donors (Lipinski definition) is 1. The molecule has 2 N–H and O–H groups in total. The smallest absolute Gasteiger partial charge is 0.226 e. The summed E-state index contributed by atoms with van der Waals surface area (Å²) in [6, 6.07) is 8.14. The third kappa shape index (κ3) is 4.23. The average molecular weight is 278 g/mol. The summed E-state index contributed by atoms with van der Waals surface area (Å²) in [5.74, 6) is 0.867. The van der Waals surface area contributed by atoms with E-state index in [4.69, 9.17) is 10.5 Å². The van der Waals surface area contributed by atoms with E-state index in [9.17, 15) is 4.79 Å². The van der Waals surface area contributed by atoms with Gasteiger partial charge in [-0.2, -0.15) is 0 Å². The minimum atomic E-state index is -0.117. The van der Waals surface area contributed by atoms with Crippen LogP contribution < -0.4 is 10.5 Å². The SMILES string of the molecule is CCN(C(=O)C(C)CN)C(C)Cc1ccc(OC)cc1. The van der Waals surface area contributed by atoms with Gasteiger partial charge in [0.05, 0.1) is 7.11 Å². The molecule has 4 nitrogen and oxygen atoms in total. The molecule has 112 valence electrons. The van der Waals surface area contributed by atoms with E-state index in [1.165, 1.54) is 5.56 Å². The van der Waals surface area contributed by atoms with Crippen molar-refractivity contribution in [3.8, 4) is 5.75 Å². The van der Waals surface area contributed by atoms with Gasteiger partial charge in [0.25, 0.3) is 0 Å². The Morgan fingerprint density at radius 2 is 1.90 bits per heavy atom. The highest BCUT2D eigenvalue weighted by atomic mass is 16.5. The maximum Gasteiger partial charge on any atom is 0.226 e. The molecule has 0 aliphatic carbocycles. The number of benzene rings is 1. The fourth-order valence-corrected chi connectivity index (χ4v) is 2.28. The van der Waals surface area contributed by atoms with Crippen LogP contribution in [0.2, 0.25) is 0 Å². The molecule has 0 saturated heterocycles. The van der Waals surface area contributed by atoms with Crippen LogP contribution in [0.4, 0.5) is 0 Å². The standard InChI is InChI=1S/C16H26N2O2/c1-5-18(16(19)12(2)11-17)13(3)10-14-6-8-15(20-4)9-7-14/h6-9,12-13H,5,10-11,17H2,1-4H3. The highest BCUT2D eigenvalue weighted by Gasteiger charge is 2.22. The number of nitrogens with zero attached hydrogens (tertiary/aromatic N) is 1. The summed E-state index contributed by atoms with van der Waals surface area (Å²) in [5.41, 5.74) is 6.79. The molecule has 0 aliphatic rings. The minimum Gasteiger partial charge on any atom is -0.497 e. The second kappa shape index (κ2) is 7.90. The number of nitrogens with two attached hydrogens (primary N) is 1. The van der Waals surface area contributed by atoms with Gasteiger partial charge in [0.2, 0.25) is 5.91 Å². The van der Waals surface area contributed by atoms with E-state index in [1.807, 2.05) is 43.0 Å². The lowest BCUT2D eigenvalue weighted by atomic mass is 10.0. The Morgan fingerprint density at radius 3 is 2.35 bits per heavy atom. The molecule has 20 heavy (non-hydrogen) atoms. The lowest BCUT2D eigenvalue weighted by molar-refractivity contribution is -0.136. The zero-order valence-electron chi connectivity index (χ0n) is 12.9. The van der Waals surface area contributed by atoms with E-state index >= 15 is 0 Å². The molecule has 0 fully saturated rings. The zero-order chi connectivity index (χ0) is 15.1. The fraction of sp³-hybridized carbons (Fsp3) is 0.562. The van der Waals surface area contributed by atoms with Crippen molar-refractivity contribution in [2.75, 3.05) is 20.2 Å². The molecule has 1 amide bonds. The van der Waals surface area contributed by atoms with E-state index in [2.05, 4.69) is 6.92 Å². The number of likely N-dealkylation sites (N-methyl/N-ethyl adjacent to an activating group) is 1. The van der Waals surface area contributed by atoms with Gasteiger partial charge in [-0.15, -0.1) is 0 Å². The van der Waals surface area contributed by atoms with Crippen molar-refractivity contribution in [3.05, 3.63) is 29.8 Å². The van der Waals surface area contributed by atoms with Crippen LogP contribution in [0.25, 0.3) is 0 Å². The van der Waals surface area contributed by atoms with Gasteiger partial charge >= 0.3 is 0 Å². The predicted molar refractivity (Wildman–Crippen MR) is 81.8 cm³/mol. The third-order valence-electron chi connectivity index (χ3n) is 3.62. The summed E-state index contributed by atoms with van der Waals surface area (Å²) >= 11 is 0. The van der Waals surface area contributed by atoms with Crippen molar-refractivity contribution in [2.45, 2.75) is 33.2 Å². The maximum absolute atomic E-state index is 12.3. The Kier molecular flexibility index (Phi) is 6.52. The molecule has 1 aromatic rings. The fourth-order valence-electron chi connectivity index (χ4n) is 2.28. The topological polar surface area (TPSA) is 55.6 Å². The van der Waals surface area contributed by atoms with Crippen LogP contribution in [-0.2, 0) is 11.2 Å². The molecule has 0 saturated carbocycles. The average Bonchev–Trinajstić information content (AvgIpc) is 2.47. The normalized spacial score (nSPS) is 13.7. The Morgan fingerprint density at radius 1 is 1.30 bits per heavy atom. The van der Waals surface area contributed by atoms with Crippen LogP contribution in [-0.4, -0.2) is 37.0 Å². The van der Waals surface area contributed by atoms with E-state index < -0.39 is 0 Å². The van der Waals surface area contributed by atoms with Crippen molar-refractivity contribution < 1.29 is 9.53 Å². The van der Waals surface area contributed by atoms with Gasteiger partial charge in [0, 0.05) is 25.0 Å². The van der Waals surface area contributed by atoms with Gasteiger partial charge < -0.3 is 15.4 Å². The monoisotopic (exact) mass is 278 g/mol. The molecular weight excluding hydrogens is 252 g/mol. The number of carbonyl (C=O) groups is 1. The first-order chi connectivity index (χ1) is 9.53. The lowest BCUT2D eigenvalue weighted by Gasteiger charge is -2.30. The van der Waals surface area contributed by atoms with Crippen molar-refractivity contribution in [2.24, 2.45) is 11.7 Å². The summed E-state index contributed by atoms with van der Waals surface area (Å²) in [4.78, 5) is 14.2. The molecule has 0 spiro atoms. The number of amides is 1. The minimum absolute atomic E-state index is 0.117. The predicted octanol–water partition coefficient (Wildman–Crippen LogP) is 2.07. The zero-order valence-corrected chi connectivity index (χ0v) is 12.9. The Bertz CT molecular complexity index is 417. The molecule has 0 aromatic heterocycles. The molecule has 2 unspecified atom stereocenters. The summed E-state index contributed by atoms with van der Waals surface area (Å²) in [6.45, 7) is 7.07. The quantitative estimate of drug-likeness (QED) is 0.830. The second-order valence-electron chi connectivity index (χ2n) is 5.16. The van der Waals surface area contributed by atoms with E-state index in [1.54, 1.807) is 7.11 Å². The van der Waals surface area contributed by atoms with Crippen LogP contribution in [0, 0.1) is 5.92 Å². The van der Waals surface area contributed by atoms with E-state index in [-0.39, 0.29) is 17.9 Å². The molecule has 0 heterocycles. The van der Waals surface area contributed by atoms with Crippen molar-refractivity contribution >= 4 is 5.91 Å². The van der Waals surface area contributed by atoms with E-state index in [0.717, 1.165) is 12.2 Å². The largest absolute Gasteiger partial charge is 0.497 e. The summed E-state index contributed by atoms with van der Waals surface area (Å²) in [5, 5.41) is 0. The van der Waals surface area contributed by atoms with Crippen LogP contribution in [0.1, 0.15) is 26.3 Å². The summed E-state index contributed by atoms with van der Waals surface area (Å²) in [6.07, 6.45) is 0.834. The maximum atomic E-state index is 12.3.